The van der Waals surface area contributed by atoms with Gasteiger partial charge >= 0.3 is 0 Å². The molecule has 0 aliphatic carbocycles. The van der Waals surface area contributed by atoms with E-state index in [1.165, 1.54) is 4.88 Å². The predicted octanol–water partition coefficient (Wildman–Crippen LogP) is 2.12. The minimum Gasteiger partial charge on any atom is -0.457 e. The lowest BCUT2D eigenvalue weighted by Crippen LogP contribution is -2.30. The third kappa shape index (κ3) is 2.50. The summed E-state index contributed by atoms with van der Waals surface area (Å²) in [5.41, 5.74) is 0. The Kier molecular flexibility index (Phi) is 2.11. The summed E-state index contributed by atoms with van der Waals surface area (Å²) in [5, 5.41) is 2.10. The first-order valence-corrected chi connectivity index (χ1v) is 4.16. The van der Waals surface area contributed by atoms with E-state index in [-0.39, 0.29) is 0 Å². The van der Waals surface area contributed by atoms with E-state index < -0.39 is 0 Å². The molecule has 0 aromatic carbocycles. The van der Waals surface area contributed by atoms with E-state index in [9.17, 15) is 0 Å². The third-order valence-corrected chi connectivity index (χ3v) is 2.03. The molecule has 1 nitrogen and oxygen atoms in total. The van der Waals surface area contributed by atoms with Gasteiger partial charge in [0.25, 0.3) is 0 Å². The van der Waals surface area contributed by atoms with Gasteiger partial charge in [-0.2, -0.15) is 0 Å². The van der Waals surface area contributed by atoms with Crippen molar-refractivity contribution in [2.24, 2.45) is 0 Å². The van der Waals surface area contributed by atoms with Crippen molar-refractivity contribution in [3.05, 3.63) is 29.4 Å². The standard InChI is InChI=1S/C8H13NS/c1-9(2,3)7-8-5-4-6-10-8/h4-6H,1,7H2,2-3H3. The summed E-state index contributed by atoms with van der Waals surface area (Å²) in [5.74, 6) is 0. The van der Waals surface area contributed by atoms with Crippen LogP contribution in [0.2, 0.25) is 0 Å². The first kappa shape index (κ1) is 7.76. The molecule has 0 bridgehead atoms. The van der Waals surface area contributed by atoms with Crippen LogP contribution in [0.15, 0.2) is 17.5 Å². The molecule has 0 N–H and O–H groups in total. The maximum atomic E-state index is 3.99. The molecule has 0 saturated carbocycles. The fourth-order valence-electron chi connectivity index (χ4n) is 0.824. The van der Waals surface area contributed by atoms with Crippen LogP contribution < -0.4 is 0 Å². The number of thiophene rings is 1. The first-order chi connectivity index (χ1) is 4.58. The van der Waals surface area contributed by atoms with Crippen LogP contribution in [0.4, 0.5) is 0 Å². The van der Waals surface area contributed by atoms with Gasteiger partial charge < -0.3 is 4.48 Å². The highest BCUT2D eigenvalue weighted by Gasteiger charge is 2.02. The maximum Gasteiger partial charge on any atom is 0.0892 e. The Balaban J connectivity index is 2.57. The fourth-order valence-corrected chi connectivity index (χ4v) is 1.74. The van der Waals surface area contributed by atoms with E-state index in [0.717, 1.165) is 11.0 Å². The Morgan fingerprint density at radius 1 is 1.60 bits per heavy atom. The van der Waals surface area contributed by atoms with Gasteiger partial charge in [-0.25, -0.2) is 0 Å². The molecule has 1 aromatic rings. The van der Waals surface area contributed by atoms with E-state index in [1.807, 2.05) is 0 Å². The van der Waals surface area contributed by atoms with Crippen LogP contribution in [0.3, 0.4) is 0 Å². The minimum atomic E-state index is 0.764. The highest BCUT2D eigenvalue weighted by atomic mass is 32.1. The molecule has 0 fully saturated rings. The fraction of sp³-hybridized carbons (Fsp3) is 0.375. The van der Waals surface area contributed by atoms with E-state index in [2.05, 4.69) is 38.7 Å². The second kappa shape index (κ2) is 2.72. The van der Waals surface area contributed by atoms with Crippen molar-refractivity contribution in [1.29, 1.82) is 0 Å². The van der Waals surface area contributed by atoms with Gasteiger partial charge in [0.2, 0.25) is 0 Å². The average molecular weight is 155 g/mol. The van der Waals surface area contributed by atoms with Crippen LogP contribution in [-0.2, 0) is 6.54 Å². The van der Waals surface area contributed by atoms with Crippen LogP contribution in [0.25, 0.3) is 0 Å². The molecular weight excluding hydrogens is 142 g/mol. The summed E-state index contributed by atoms with van der Waals surface area (Å²) in [4.78, 5) is 1.40. The lowest BCUT2D eigenvalue weighted by molar-refractivity contribution is -0.858. The molecule has 1 aromatic heterocycles. The minimum absolute atomic E-state index is 0.764. The quantitative estimate of drug-likeness (QED) is 0.453. The molecule has 0 aliphatic rings. The van der Waals surface area contributed by atoms with Gasteiger partial charge in [-0.3, -0.25) is 0 Å². The Morgan fingerprint density at radius 3 is 2.70 bits per heavy atom. The van der Waals surface area contributed by atoms with Gasteiger partial charge in [0.1, 0.15) is 0 Å². The zero-order chi connectivity index (χ0) is 7.61. The summed E-state index contributed by atoms with van der Waals surface area (Å²) in [6, 6.07) is 4.23. The highest BCUT2D eigenvalue weighted by molar-refractivity contribution is 7.09. The Labute approximate surface area is 66.5 Å². The van der Waals surface area contributed by atoms with Gasteiger partial charge in [-0.1, -0.05) is 6.07 Å². The molecule has 0 saturated heterocycles. The van der Waals surface area contributed by atoms with E-state index in [4.69, 9.17) is 0 Å². The zero-order valence-electron chi connectivity index (χ0n) is 6.50. The van der Waals surface area contributed by atoms with Crippen LogP contribution in [0, 0.1) is 7.05 Å². The summed E-state index contributed by atoms with van der Waals surface area (Å²) in [6.45, 7) is 1.03. The number of hydrogen-bond acceptors (Lipinski definition) is 1. The molecule has 2 heteroatoms. The van der Waals surface area contributed by atoms with Crippen LogP contribution >= 0.6 is 11.3 Å². The van der Waals surface area contributed by atoms with Gasteiger partial charge in [0.15, 0.2) is 0 Å². The van der Waals surface area contributed by atoms with Crippen LogP contribution in [0.5, 0.6) is 0 Å². The predicted molar refractivity (Wildman–Crippen MR) is 45.5 cm³/mol. The van der Waals surface area contributed by atoms with E-state index in [0.29, 0.717) is 0 Å². The lowest BCUT2D eigenvalue weighted by Gasteiger charge is -2.31. The zero-order valence-corrected chi connectivity index (χ0v) is 7.32. The summed E-state index contributed by atoms with van der Waals surface area (Å²) in [6.07, 6.45) is 0. The van der Waals surface area contributed by atoms with Crippen molar-refractivity contribution < 1.29 is 4.48 Å². The largest absolute Gasteiger partial charge is 0.457 e. The first-order valence-electron chi connectivity index (χ1n) is 3.28. The monoisotopic (exact) mass is 155 g/mol. The Bertz CT molecular complexity index is 184. The molecular formula is C8H13NS. The number of rotatable bonds is 2. The molecule has 1 rings (SSSR count). The molecule has 0 unspecified atom stereocenters. The molecule has 0 radical (unpaired) electrons. The van der Waals surface area contributed by atoms with Crippen molar-refractivity contribution >= 4 is 11.3 Å². The number of nitrogens with zero attached hydrogens (tertiary/aromatic N) is 1. The molecule has 10 heavy (non-hydrogen) atoms. The third-order valence-electron chi connectivity index (χ3n) is 1.16. The van der Waals surface area contributed by atoms with Crippen molar-refractivity contribution in [2.45, 2.75) is 6.54 Å². The Hall–Kier alpha value is -0.340. The van der Waals surface area contributed by atoms with E-state index >= 15 is 0 Å². The summed E-state index contributed by atoms with van der Waals surface area (Å²) < 4.78 is 0.764. The number of quaternary nitrogens is 1. The molecule has 0 spiro atoms. The van der Waals surface area contributed by atoms with Crippen molar-refractivity contribution in [1.82, 2.24) is 0 Å². The van der Waals surface area contributed by atoms with Crippen molar-refractivity contribution in [2.75, 3.05) is 14.1 Å². The van der Waals surface area contributed by atoms with Gasteiger partial charge in [-0.15, -0.1) is 18.4 Å². The molecule has 0 atom stereocenters. The normalized spacial score (nSPS) is 11.9. The number of hydrogen-bond donors (Lipinski definition) is 0. The molecule has 1 heterocycles. The lowest BCUT2D eigenvalue weighted by atomic mass is 10.4. The smallest absolute Gasteiger partial charge is 0.0892 e. The van der Waals surface area contributed by atoms with Gasteiger partial charge in [-0.05, 0) is 11.4 Å². The van der Waals surface area contributed by atoms with E-state index in [1.54, 1.807) is 11.3 Å². The second-order valence-electron chi connectivity index (χ2n) is 3.17. The molecule has 56 valence electrons. The SMILES string of the molecule is [CH2-][N+](C)(C)Cc1cccs1. The van der Waals surface area contributed by atoms with Crippen LogP contribution in [-0.4, -0.2) is 18.6 Å². The molecule has 0 aliphatic heterocycles. The maximum absolute atomic E-state index is 3.99. The average Bonchev–Trinajstić information content (AvgIpc) is 2.12. The Morgan fingerprint density at radius 2 is 2.30 bits per heavy atom. The topological polar surface area (TPSA) is 0 Å². The molecule has 0 amide bonds. The summed E-state index contributed by atoms with van der Waals surface area (Å²) >= 11 is 1.79. The second-order valence-corrected chi connectivity index (χ2v) is 4.21. The summed E-state index contributed by atoms with van der Waals surface area (Å²) in [7, 11) is 8.18. The van der Waals surface area contributed by atoms with Crippen molar-refractivity contribution in [3.8, 4) is 0 Å². The van der Waals surface area contributed by atoms with Gasteiger partial charge in [0.05, 0.1) is 11.4 Å². The van der Waals surface area contributed by atoms with Crippen LogP contribution in [0.1, 0.15) is 4.88 Å². The highest BCUT2D eigenvalue weighted by Crippen LogP contribution is 2.13. The van der Waals surface area contributed by atoms with Gasteiger partial charge in [0, 0.05) is 14.1 Å². The van der Waals surface area contributed by atoms with Crippen molar-refractivity contribution in [3.63, 3.8) is 0 Å².